The molecule has 0 N–H and O–H groups in total. The predicted molar refractivity (Wildman–Crippen MR) is 112 cm³/mol. The fraction of sp³-hybridized carbons (Fsp3) is 0.714. The van der Waals surface area contributed by atoms with E-state index in [1.54, 1.807) is 7.11 Å². The Labute approximate surface area is 166 Å². The van der Waals surface area contributed by atoms with Crippen molar-refractivity contribution in [2.75, 3.05) is 20.2 Å². The lowest BCUT2D eigenvalue weighted by atomic mass is 9.74. The molecule has 1 unspecified atom stereocenters. The number of nitrogens with zero attached hydrogens (tertiary/aromatic N) is 3. The van der Waals surface area contributed by atoms with Gasteiger partial charge in [-0.1, -0.05) is 10.5 Å². The summed E-state index contributed by atoms with van der Waals surface area (Å²) in [5, 5.41) is 0. The lowest BCUT2D eigenvalue weighted by Crippen LogP contribution is -2.51. The quantitative estimate of drug-likeness (QED) is 0.720. The molecule has 1 atom stereocenters. The molecule has 1 saturated heterocycles. The minimum absolute atomic E-state index is 0.0651. The summed E-state index contributed by atoms with van der Waals surface area (Å²) in [4.78, 5) is 7.24. The molecule has 0 amide bonds. The molecular formula is C21H33N3O2S. The summed E-state index contributed by atoms with van der Waals surface area (Å²) in [7, 11) is 1.63. The van der Waals surface area contributed by atoms with E-state index in [1.165, 1.54) is 5.56 Å². The molecule has 0 radical (unpaired) electrons. The van der Waals surface area contributed by atoms with Gasteiger partial charge in [0.2, 0.25) is 5.88 Å². The van der Waals surface area contributed by atoms with Crippen molar-refractivity contribution in [2.24, 2.45) is 9.81 Å². The maximum atomic E-state index is 12.9. The van der Waals surface area contributed by atoms with Crippen molar-refractivity contribution in [3.63, 3.8) is 0 Å². The maximum Gasteiger partial charge on any atom is 0.213 e. The minimum Gasteiger partial charge on any atom is -0.591 e. The van der Waals surface area contributed by atoms with Gasteiger partial charge in [0.1, 0.15) is 21.8 Å². The van der Waals surface area contributed by atoms with Crippen molar-refractivity contribution in [2.45, 2.75) is 71.1 Å². The van der Waals surface area contributed by atoms with Gasteiger partial charge in [0.25, 0.3) is 0 Å². The summed E-state index contributed by atoms with van der Waals surface area (Å²) >= 11 is -1.30. The molecular weight excluding hydrogens is 358 g/mol. The summed E-state index contributed by atoms with van der Waals surface area (Å²) < 4.78 is 22.6. The molecule has 1 aromatic heterocycles. The average molecular weight is 392 g/mol. The second-order valence-electron chi connectivity index (χ2n) is 9.78. The molecule has 2 aliphatic rings. The van der Waals surface area contributed by atoms with E-state index in [9.17, 15) is 4.55 Å². The molecule has 5 nitrogen and oxygen atoms in total. The Balaban J connectivity index is 2.00. The third-order valence-corrected chi connectivity index (χ3v) is 7.18. The van der Waals surface area contributed by atoms with Crippen molar-refractivity contribution in [3.05, 3.63) is 23.4 Å². The van der Waals surface area contributed by atoms with E-state index in [2.05, 4.69) is 31.7 Å². The molecule has 150 valence electrons. The lowest BCUT2D eigenvalue weighted by molar-refractivity contribution is 0.0721. The molecule has 1 aromatic rings. The van der Waals surface area contributed by atoms with Gasteiger partial charge in [-0.05, 0) is 79.5 Å². The molecule has 27 heavy (non-hydrogen) atoms. The van der Waals surface area contributed by atoms with Crippen LogP contribution in [-0.4, -0.2) is 50.6 Å². The van der Waals surface area contributed by atoms with Gasteiger partial charge >= 0.3 is 0 Å². The third kappa shape index (κ3) is 4.03. The molecule has 1 spiro atoms. The average Bonchev–Trinajstić information content (AvgIpc) is 2.86. The number of aromatic nitrogens is 1. The predicted octanol–water partition coefficient (Wildman–Crippen LogP) is 3.78. The first-order valence-electron chi connectivity index (χ1n) is 9.77. The van der Waals surface area contributed by atoms with Gasteiger partial charge in [0.05, 0.1) is 12.8 Å². The number of hydrogen-bond donors (Lipinski definition) is 0. The van der Waals surface area contributed by atoms with Crippen molar-refractivity contribution >= 4 is 17.1 Å². The van der Waals surface area contributed by atoms with Gasteiger partial charge in [0, 0.05) is 17.0 Å². The number of ether oxygens (including phenoxy) is 1. The van der Waals surface area contributed by atoms with Crippen molar-refractivity contribution in [3.8, 4) is 5.88 Å². The Morgan fingerprint density at radius 1 is 1.15 bits per heavy atom. The van der Waals surface area contributed by atoms with E-state index in [0.29, 0.717) is 5.88 Å². The molecule has 6 heteroatoms. The Bertz CT molecular complexity index is 726. The van der Waals surface area contributed by atoms with E-state index in [1.807, 2.05) is 26.8 Å². The summed E-state index contributed by atoms with van der Waals surface area (Å²) in [6.07, 6.45) is 2.96. The Kier molecular flexibility index (Phi) is 5.38. The van der Waals surface area contributed by atoms with Gasteiger partial charge in [-0.15, -0.1) is 0 Å². The zero-order valence-electron chi connectivity index (χ0n) is 17.8. The normalized spacial score (nSPS) is 22.9. The molecule has 0 bridgehead atoms. The number of likely N-dealkylation sites (tertiary alicyclic amines) is 1. The van der Waals surface area contributed by atoms with Crippen LogP contribution in [0.2, 0.25) is 0 Å². The fourth-order valence-electron chi connectivity index (χ4n) is 4.01. The van der Waals surface area contributed by atoms with Crippen molar-refractivity contribution in [1.29, 1.82) is 0 Å². The van der Waals surface area contributed by atoms with Crippen LogP contribution < -0.4 is 4.74 Å². The summed E-state index contributed by atoms with van der Waals surface area (Å²) in [6.45, 7) is 14.8. The number of rotatable bonds is 2. The number of hydrogen-bond acceptors (Lipinski definition) is 5. The van der Waals surface area contributed by atoms with E-state index in [-0.39, 0.29) is 15.7 Å². The van der Waals surface area contributed by atoms with Crippen LogP contribution in [0, 0.1) is 5.41 Å². The van der Waals surface area contributed by atoms with Crippen LogP contribution >= 0.6 is 0 Å². The Morgan fingerprint density at radius 2 is 1.78 bits per heavy atom. The van der Waals surface area contributed by atoms with Gasteiger partial charge < -0.3 is 9.29 Å². The van der Waals surface area contributed by atoms with Crippen LogP contribution in [0.5, 0.6) is 5.88 Å². The molecule has 1 aliphatic heterocycles. The SMILES string of the molecule is COc1ccc2c(n1)C(=N[S+]([O-])C(C)(C)C)C1(CCN(C(C)(C)C)CC1)C2. The van der Waals surface area contributed by atoms with Crippen LogP contribution in [0.15, 0.2) is 16.5 Å². The first kappa shape index (κ1) is 20.6. The van der Waals surface area contributed by atoms with Gasteiger partial charge in [-0.2, -0.15) is 0 Å². The highest BCUT2D eigenvalue weighted by atomic mass is 32.2. The zero-order chi connectivity index (χ0) is 20.0. The lowest BCUT2D eigenvalue weighted by Gasteiger charge is -2.45. The number of piperidine rings is 1. The minimum atomic E-state index is -1.30. The van der Waals surface area contributed by atoms with E-state index in [4.69, 9.17) is 14.1 Å². The molecule has 2 heterocycles. The van der Waals surface area contributed by atoms with Crippen LogP contribution in [-0.2, 0) is 17.8 Å². The van der Waals surface area contributed by atoms with Crippen LogP contribution in [0.3, 0.4) is 0 Å². The summed E-state index contributed by atoms with van der Waals surface area (Å²) in [5.41, 5.74) is 3.11. The van der Waals surface area contributed by atoms with Gasteiger partial charge in [-0.3, -0.25) is 4.90 Å². The van der Waals surface area contributed by atoms with Crippen LogP contribution in [0.4, 0.5) is 0 Å². The zero-order valence-corrected chi connectivity index (χ0v) is 18.6. The molecule has 0 saturated carbocycles. The number of pyridine rings is 1. The van der Waals surface area contributed by atoms with E-state index < -0.39 is 11.4 Å². The fourth-order valence-corrected chi connectivity index (χ4v) is 4.73. The van der Waals surface area contributed by atoms with E-state index >= 15 is 0 Å². The summed E-state index contributed by atoms with van der Waals surface area (Å²) in [5.74, 6) is 0.590. The Morgan fingerprint density at radius 3 is 2.30 bits per heavy atom. The second-order valence-corrected chi connectivity index (χ2v) is 11.7. The largest absolute Gasteiger partial charge is 0.591 e. The van der Waals surface area contributed by atoms with E-state index in [0.717, 1.165) is 43.8 Å². The molecule has 1 aliphatic carbocycles. The van der Waals surface area contributed by atoms with Gasteiger partial charge in [-0.25, -0.2) is 4.98 Å². The standard InChI is InChI=1S/C21H33N3O2S/c1-19(2,3)24-12-10-21(11-13-24)14-15-8-9-16(26-7)22-17(15)18(21)23-27(25)20(4,5)6/h8-9H,10-14H2,1-7H3. The first-order valence-corrected chi connectivity index (χ1v) is 10.9. The van der Waals surface area contributed by atoms with Crippen molar-refractivity contribution < 1.29 is 9.29 Å². The highest BCUT2D eigenvalue weighted by Gasteiger charge is 2.49. The Hall–Kier alpha value is -1.11. The maximum absolute atomic E-state index is 12.9. The summed E-state index contributed by atoms with van der Waals surface area (Å²) in [6, 6.07) is 4.02. The first-order chi connectivity index (χ1) is 12.5. The highest BCUT2D eigenvalue weighted by Crippen LogP contribution is 2.46. The highest BCUT2D eigenvalue weighted by molar-refractivity contribution is 7.91. The third-order valence-electron chi connectivity index (χ3n) is 5.79. The van der Waals surface area contributed by atoms with Crippen LogP contribution in [0.25, 0.3) is 0 Å². The monoisotopic (exact) mass is 391 g/mol. The molecule has 0 aromatic carbocycles. The molecule has 3 rings (SSSR count). The number of fused-ring (bicyclic) bond motifs is 1. The second kappa shape index (κ2) is 7.05. The topological polar surface area (TPSA) is 60.8 Å². The van der Waals surface area contributed by atoms with Crippen LogP contribution in [0.1, 0.15) is 65.6 Å². The smallest absolute Gasteiger partial charge is 0.213 e. The van der Waals surface area contributed by atoms with Crippen molar-refractivity contribution in [1.82, 2.24) is 9.88 Å². The molecule has 1 fully saturated rings. The van der Waals surface area contributed by atoms with Gasteiger partial charge in [0.15, 0.2) is 0 Å². The number of methoxy groups -OCH3 is 1.